The molecule has 2 heterocycles. The Balaban J connectivity index is 0.947. The van der Waals surface area contributed by atoms with Gasteiger partial charge < -0.3 is 13.7 Å². The molecule has 0 saturated carbocycles. The van der Waals surface area contributed by atoms with Crippen molar-refractivity contribution in [2.45, 2.75) is 0 Å². The van der Waals surface area contributed by atoms with Crippen LogP contribution in [-0.2, 0) is 0 Å². The van der Waals surface area contributed by atoms with Gasteiger partial charge in [0.25, 0.3) is 0 Å². The molecular weight excluding hydrogens is 745 g/mol. The van der Waals surface area contributed by atoms with Crippen LogP contribution in [0.1, 0.15) is 0 Å². The fraction of sp³-hybridized carbons (Fsp3) is 0. The Kier molecular flexibility index (Phi) is 8.13. The van der Waals surface area contributed by atoms with Crippen LogP contribution in [0, 0.1) is 0 Å². The Hall–Kier alpha value is -8.21. The number of oxazole rings is 1. The summed E-state index contributed by atoms with van der Waals surface area (Å²) in [6.07, 6.45) is 0. The van der Waals surface area contributed by atoms with E-state index in [-0.39, 0.29) is 0 Å². The lowest BCUT2D eigenvalue weighted by Gasteiger charge is -2.26. The van der Waals surface area contributed by atoms with Crippen molar-refractivity contribution in [1.29, 1.82) is 0 Å². The quantitative estimate of drug-likeness (QED) is 0.162. The zero-order valence-corrected chi connectivity index (χ0v) is 33.0. The molecule has 0 aliphatic carbocycles. The first-order chi connectivity index (χ1) is 30.2. The topological polar surface area (TPSA) is 42.4 Å². The van der Waals surface area contributed by atoms with Crippen LogP contribution in [0.15, 0.2) is 227 Å². The lowest BCUT2D eigenvalue weighted by atomic mass is 9.95. The zero-order chi connectivity index (χ0) is 40.3. The monoisotopic (exact) mass is 780 g/mol. The van der Waals surface area contributed by atoms with Crippen molar-refractivity contribution in [2.24, 2.45) is 0 Å². The Morgan fingerprint density at radius 2 is 0.885 bits per heavy atom. The largest absolute Gasteiger partial charge is 0.456 e. The highest BCUT2D eigenvalue weighted by atomic mass is 16.3. The molecule has 0 aliphatic heterocycles. The van der Waals surface area contributed by atoms with E-state index in [1.807, 2.05) is 24.3 Å². The van der Waals surface area contributed by atoms with E-state index in [1.165, 1.54) is 27.5 Å². The molecule has 0 bridgehead atoms. The zero-order valence-electron chi connectivity index (χ0n) is 33.0. The van der Waals surface area contributed by atoms with Gasteiger partial charge in [0.2, 0.25) is 5.89 Å². The van der Waals surface area contributed by atoms with Gasteiger partial charge >= 0.3 is 0 Å². The molecule has 286 valence electrons. The summed E-state index contributed by atoms with van der Waals surface area (Å²) in [6, 6.07) is 77.2. The van der Waals surface area contributed by atoms with E-state index in [0.717, 1.165) is 83.1 Å². The highest BCUT2D eigenvalue weighted by molar-refractivity contribution is 6.09. The van der Waals surface area contributed by atoms with Gasteiger partial charge in [-0.3, -0.25) is 0 Å². The molecular formula is C57H36N2O2. The number of hydrogen-bond donors (Lipinski definition) is 0. The van der Waals surface area contributed by atoms with Gasteiger partial charge in [0, 0.05) is 38.8 Å². The molecule has 0 atom stereocenters. The Morgan fingerprint density at radius 3 is 1.66 bits per heavy atom. The average molecular weight is 781 g/mol. The molecule has 12 aromatic rings. The molecule has 10 aromatic carbocycles. The van der Waals surface area contributed by atoms with Crippen molar-refractivity contribution in [3.05, 3.63) is 218 Å². The molecule has 12 rings (SSSR count). The summed E-state index contributed by atoms with van der Waals surface area (Å²) in [5, 5.41) is 6.71. The van der Waals surface area contributed by atoms with Crippen LogP contribution >= 0.6 is 0 Å². The predicted octanol–water partition coefficient (Wildman–Crippen LogP) is 16.2. The van der Waals surface area contributed by atoms with Crippen LogP contribution in [0.2, 0.25) is 0 Å². The molecule has 0 radical (unpaired) electrons. The number of hydrogen-bond acceptors (Lipinski definition) is 4. The number of nitrogens with zero attached hydrogens (tertiary/aromatic N) is 2. The van der Waals surface area contributed by atoms with Gasteiger partial charge in [-0.25, -0.2) is 4.98 Å². The van der Waals surface area contributed by atoms with Crippen LogP contribution < -0.4 is 4.90 Å². The van der Waals surface area contributed by atoms with E-state index in [0.29, 0.717) is 5.89 Å². The smallest absolute Gasteiger partial charge is 0.227 e. The molecule has 4 heteroatoms. The van der Waals surface area contributed by atoms with Gasteiger partial charge in [0.05, 0.1) is 0 Å². The van der Waals surface area contributed by atoms with E-state index >= 15 is 0 Å². The van der Waals surface area contributed by atoms with E-state index in [2.05, 4.69) is 199 Å². The van der Waals surface area contributed by atoms with Crippen molar-refractivity contribution in [3.8, 4) is 44.8 Å². The molecule has 0 saturated heterocycles. The SMILES string of the molecule is c1ccc(-c2ccc(-c3nc4c(ccc5cc(-c6cccc7ccc(N(c8ccc(-c9ccccc9)cc8)c8ccc9oc%10ccccc%10c9c8)cc67)ccc54)o3)cc2)cc1. The number of benzene rings is 10. The fourth-order valence-electron chi connectivity index (χ4n) is 8.83. The number of fused-ring (bicyclic) bond motifs is 7. The maximum Gasteiger partial charge on any atom is 0.227 e. The van der Waals surface area contributed by atoms with E-state index in [9.17, 15) is 0 Å². The first kappa shape index (κ1) is 34.8. The highest BCUT2D eigenvalue weighted by Crippen LogP contribution is 2.42. The molecule has 0 amide bonds. The maximum absolute atomic E-state index is 6.34. The normalized spacial score (nSPS) is 11.6. The standard InChI is InChI=1S/C57H36N2O2/c1-3-10-37(11-4-1)39-18-20-42(21-19-39)57-58-56-49-31-25-43(34-44(49)26-32-55(56)61-57)48-16-9-14-41-24-29-46(35-51(41)48)59(45-27-22-40(23-28-45)38-12-5-2-6-13-38)47-30-33-54-52(36-47)50-15-7-8-17-53(50)60-54/h1-36H. The summed E-state index contributed by atoms with van der Waals surface area (Å²) in [7, 11) is 0. The summed E-state index contributed by atoms with van der Waals surface area (Å²) in [6.45, 7) is 0. The van der Waals surface area contributed by atoms with Crippen molar-refractivity contribution in [2.75, 3.05) is 4.90 Å². The van der Waals surface area contributed by atoms with Crippen LogP contribution in [0.25, 0.3) is 99.4 Å². The maximum atomic E-state index is 6.34. The second-order valence-corrected chi connectivity index (χ2v) is 15.5. The van der Waals surface area contributed by atoms with Gasteiger partial charge in [-0.05, 0) is 122 Å². The lowest BCUT2D eigenvalue weighted by molar-refractivity contribution is 0.620. The lowest BCUT2D eigenvalue weighted by Crippen LogP contribution is -2.10. The van der Waals surface area contributed by atoms with Crippen molar-refractivity contribution in [1.82, 2.24) is 4.98 Å². The van der Waals surface area contributed by atoms with Crippen LogP contribution in [-0.4, -0.2) is 4.98 Å². The summed E-state index contributed by atoms with van der Waals surface area (Å²) < 4.78 is 12.6. The molecule has 2 aromatic heterocycles. The Labute approximate surface area is 352 Å². The van der Waals surface area contributed by atoms with Crippen LogP contribution in [0.3, 0.4) is 0 Å². The average Bonchev–Trinajstić information content (AvgIpc) is 3.94. The second kappa shape index (κ2) is 14.3. The first-order valence-corrected chi connectivity index (χ1v) is 20.6. The third kappa shape index (κ3) is 6.12. The first-order valence-electron chi connectivity index (χ1n) is 20.6. The van der Waals surface area contributed by atoms with Crippen LogP contribution in [0.5, 0.6) is 0 Å². The number of aromatic nitrogens is 1. The van der Waals surface area contributed by atoms with Gasteiger partial charge in [-0.2, -0.15) is 0 Å². The van der Waals surface area contributed by atoms with Crippen molar-refractivity contribution in [3.63, 3.8) is 0 Å². The minimum atomic E-state index is 0.618. The summed E-state index contributed by atoms with van der Waals surface area (Å²) in [5.74, 6) is 0.618. The third-order valence-electron chi connectivity index (χ3n) is 11.9. The minimum Gasteiger partial charge on any atom is -0.456 e. The van der Waals surface area contributed by atoms with Crippen molar-refractivity contribution < 1.29 is 8.83 Å². The number of rotatable bonds is 7. The van der Waals surface area contributed by atoms with Gasteiger partial charge in [-0.1, -0.05) is 146 Å². The molecule has 4 nitrogen and oxygen atoms in total. The molecule has 0 aliphatic rings. The van der Waals surface area contributed by atoms with Crippen molar-refractivity contribution >= 4 is 71.6 Å². The fourth-order valence-corrected chi connectivity index (χ4v) is 8.83. The number of anilines is 3. The minimum absolute atomic E-state index is 0.618. The van der Waals surface area contributed by atoms with E-state index in [4.69, 9.17) is 13.8 Å². The Morgan fingerprint density at radius 1 is 0.311 bits per heavy atom. The number of para-hydroxylation sites is 1. The molecule has 0 N–H and O–H groups in total. The summed E-state index contributed by atoms with van der Waals surface area (Å²) in [5.41, 5.74) is 14.5. The van der Waals surface area contributed by atoms with Crippen LogP contribution in [0.4, 0.5) is 17.1 Å². The predicted molar refractivity (Wildman–Crippen MR) is 253 cm³/mol. The summed E-state index contributed by atoms with van der Waals surface area (Å²) >= 11 is 0. The second-order valence-electron chi connectivity index (χ2n) is 15.5. The van der Waals surface area contributed by atoms with Gasteiger partial charge in [-0.15, -0.1) is 0 Å². The molecule has 61 heavy (non-hydrogen) atoms. The molecule has 0 spiro atoms. The van der Waals surface area contributed by atoms with Gasteiger partial charge in [0.1, 0.15) is 16.7 Å². The highest BCUT2D eigenvalue weighted by Gasteiger charge is 2.18. The molecule has 0 fully saturated rings. The van der Waals surface area contributed by atoms with E-state index < -0.39 is 0 Å². The Bertz CT molecular complexity index is 3570. The third-order valence-corrected chi connectivity index (χ3v) is 11.9. The van der Waals surface area contributed by atoms with Gasteiger partial charge in [0.15, 0.2) is 5.58 Å². The molecule has 0 unspecified atom stereocenters. The summed E-state index contributed by atoms with van der Waals surface area (Å²) in [4.78, 5) is 7.38. The number of furan rings is 1. The van der Waals surface area contributed by atoms with E-state index in [1.54, 1.807) is 0 Å².